The number of anilines is 2. The van der Waals surface area contributed by atoms with Gasteiger partial charge in [0.1, 0.15) is 5.75 Å². The van der Waals surface area contributed by atoms with Gasteiger partial charge < -0.3 is 15.4 Å². The van der Waals surface area contributed by atoms with Crippen LogP contribution in [0.3, 0.4) is 0 Å². The Kier molecular flexibility index (Phi) is 5.08. The number of benzene rings is 2. The molecule has 6 nitrogen and oxygen atoms in total. The Labute approximate surface area is 166 Å². The summed E-state index contributed by atoms with van der Waals surface area (Å²) in [4.78, 5) is 28.0. The molecule has 0 spiro atoms. The Morgan fingerprint density at radius 1 is 1.21 bits per heavy atom. The lowest BCUT2D eigenvalue weighted by molar-refractivity contribution is -0.118. The largest absolute Gasteiger partial charge is 0.484 e. The number of aromatic nitrogens is 1. The summed E-state index contributed by atoms with van der Waals surface area (Å²) in [6.45, 7) is 1.89. The molecule has 3 aromatic rings. The van der Waals surface area contributed by atoms with Crippen molar-refractivity contribution in [2.45, 2.75) is 19.8 Å². The van der Waals surface area contributed by atoms with Gasteiger partial charge in [-0.15, -0.1) is 11.3 Å². The van der Waals surface area contributed by atoms with Crippen LogP contribution in [0.4, 0.5) is 11.4 Å². The predicted octanol–water partition coefficient (Wildman–Crippen LogP) is 4.02. The van der Waals surface area contributed by atoms with Crippen LogP contribution in [-0.4, -0.2) is 23.4 Å². The normalized spacial score (nSPS) is 12.8. The highest BCUT2D eigenvalue weighted by atomic mass is 32.1. The van der Waals surface area contributed by atoms with Crippen molar-refractivity contribution in [2.24, 2.45) is 0 Å². The summed E-state index contributed by atoms with van der Waals surface area (Å²) in [5.74, 6) is 0.402. The Morgan fingerprint density at radius 2 is 2.04 bits per heavy atom. The van der Waals surface area contributed by atoms with Crippen molar-refractivity contribution in [1.29, 1.82) is 0 Å². The Hall–Kier alpha value is -3.19. The summed E-state index contributed by atoms with van der Waals surface area (Å²) in [7, 11) is 0. The topological polar surface area (TPSA) is 80.3 Å². The van der Waals surface area contributed by atoms with Gasteiger partial charge in [-0.3, -0.25) is 9.59 Å². The number of nitrogens with one attached hydrogen (secondary N) is 2. The quantitative estimate of drug-likeness (QED) is 0.686. The van der Waals surface area contributed by atoms with Crippen LogP contribution in [0.1, 0.15) is 17.0 Å². The molecule has 2 amide bonds. The highest BCUT2D eigenvalue weighted by Gasteiger charge is 2.15. The van der Waals surface area contributed by atoms with Gasteiger partial charge in [-0.2, -0.15) is 0 Å². The molecule has 0 saturated carbocycles. The van der Waals surface area contributed by atoms with Crippen LogP contribution in [0, 0.1) is 6.92 Å². The molecule has 1 aliphatic heterocycles. The molecule has 1 aliphatic rings. The highest BCUT2D eigenvalue weighted by molar-refractivity contribution is 7.09. The van der Waals surface area contributed by atoms with Gasteiger partial charge in [0.15, 0.2) is 6.61 Å². The van der Waals surface area contributed by atoms with Gasteiger partial charge in [-0.25, -0.2) is 4.98 Å². The zero-order valence-corrected chi connectivity index (χ0v) is 16.1. The second-order valence-corrected chi connectivity index (χ2v) is 7.60. The number of amides is 2. The molecule has 2 aromatic carbocycles. The summed E-state index contributed by atoms with van der Waals surface area (Å²) < 4.78 is 5.60. The Balaban J connectivity index is 1.33. The fourth-order valence-electron chi connectivity index (χ4n) is 3.02. The van der Waals surface area contributed by atoms with Gasteiger partial charge in [0.05, 0.1) is 10.7 Å². The van der Waals surface area contributed by atoms with E-state index in [0.717, 1.165) is 27.5 Å². The van der Waals surface area contributed by atoms with Crippen molar-refractivity contribution in [3.05, 3.63) is 58.4 Å². The number of hydrogen-bond acceptors (Lipinski definition) is 5. The summed E-state index contributed by atoms with van der Waals surface area (Å²) in [5.41, 5.74) is 4.48. The van der Waals surface area contributed by atoms with Gasteiger partial charge in [-0.05, 0) is 49.2 Å². The van der Waals surface area contributed by atoms with Crippen LogP contribution in [-0.2, 0) is 16.0 Å². The maximum absolute atomic E-state index is 12.2. The van der Waals surface area contributed by atoms with E-state index in [9.17, 15) is 9.59 Å². The molecule has 0 unspecified atom stereocenters. The maximum atomic E-state index is 12.2. The SMILES string of the molecule is Cc1nc(-c2ccc(NC(=O)COc3ccc4c(c3)CCC(=O)N4)cc2)cs1. The van der Waals surface area contributed by atoms with E-state index in [-0.39, 0.29) is 18.4 Å². The number of rotatable bonds is 5. The highest BCUT2D eigenvalue weighted by Crippen LogP contribution is 2.27. The second kappa shape index (κ2) is 7.82. The minimum absolute atomic E-state index is 0.0245. The van der Waals surface area contributed by atoms with Gasteiger partial charge in [0.2, 0.25) is 5.91 Å². The number of fused-ring (bicyclic) bond motifs is 1. The van der Waals surface area contributed by atoms with Crippen LogP contribution in [0.2, 0.25) is 0 Å². The van der Waals surface area contributed by atoms with E-state index in [1.54, 1.807) is 23.5 Å². The van der Waals surface area contributed by atoms with Crippen LogP contribution >= 0.6 is 11.3 Å². The number of carbonyl (C=O) groups excluding carboxylic acids is 2. The van der Waals surface area contributed by atoms with E-state index in [2.05, 4.69) is 15.6 Å². The molecule has 0 atom stereocenters. The van der Waals surface area contributed by atoms with Crippen molar-refractivity contribution in [1.82, 2.24) is 4.98 Å². The third-order valence-electron chi connectivity index (χ3n) is 4.43. The molecular formula is C21H19N3O3S. The minimum atomic E-state index is -0.233. The second-order valence-electron chi connectivity index (χ2n) is 6.53. The van der Waals surface area contributed by atoms with Gasteiger partial charge >= 0.3 is 0 Å². The first kappa shape index (κ1) is 18.2. The number of aryl methyl sites for hydroxylation is 2. The third kappa shape index (κ3) is 4.20. The van der Waals surface area contributed by atoms with Gasteiger partial charge in [0, 0.05) is 28.7 Å². The van der Waals surface area contributed by atoms with Crippen molar-refractivity contribution in [3.8, 4) is 17.0 Å². The van der Waals surface area contributed by atoms with Crippen molar-refractivity contribution in [2.75, 3.05) is 17.2 Å². The fourth-order valence-corrected chi connectivity index (χ4v) is 3.64. The average Bonchev–Trinajstić information content (AvgIpc) is 3.13. The van der Waals surface area contributed by atoms with E-state index in [1.165, 1.54) is 0 Å². The standard InChI is InChI=1S/C21H19N3O3S/c1-13-22-19(12-28-13)14-2-5-16(6-3-14)23-21(26)11-27-17-7-8-18-15(10-17)4-9-20(25)24-18/h2-3,5-8,10,12H,4,9,11H2,1H3,(H,23,26)(H,24,25). The molecule has 2 heterocycles. The van der Waals surface area contributed by atoms with E-state index in [1.807, 2.05) is 42.6 Å². The molecule has 2 N–H and O–H groups in total. The molecule has 0 saturated heterocycles. The number of hydrogen-bond donors (Lipinski definition) is 2. The van der Waals surface area contributed by atoms with E-state index in [4.69, 9.17) is 4.74 Å². The first-order valence-corrected chi connectivity index (χ1v) is 9.83. The monoisotopic (exact) mass is 393 g/mol. The van der Waals surface area contributed by atoms with Gasteiger partial charge in [-0.1, -0.05) is 12.1 Å². The predicted molar refractivity (Wildman–Crippen MR) is 110 cm³/mol. The van der Waals surface area contributed by atoms with Crippen molar-refractivity contribution >= 4 is 34.5 Å². The number of ether oxygens (including phenoxy) is 1. The maximum Gasteiger partial charge on any atom is 0.262 e. The number of carbonyl (C=O) groups is 2. The third-order valence-corrected chi connectivity index (χ3v) is 5.20. The molecule has 28 heavy (non-hydrogen) atoms. The summed E-state index contributed by atoms with van der Waals surface area (Å²) in [5, 5.41) is 8.69. The molecule has 0 aliphatic carbocycles. The molecule has 1 aromatic heterocycles. The van der Waals surface area contributed by atoms with Crippen molar-refractivity contribution in [3.63, 3.8) is 0 Å². The van der Waals surface area contributed by atoms with Crippen LogP contribution < -0.4 is 15.4 Å². The van der Waals surface area contributed by atoms with Crippen LogP contribution in [0.25, 0.3) is 11.3 Å². The Bertz CT molecular complexity index is 1030. The zero-order chi connectivity index (χ0) is 19.5. The van der Waals surface area contributed by atoms with Crippen LogP contribution in [0.15, 0.2) is 47.8 Å². The lowest BCUT2D eigenvalue weighted by atomic mass is 10.0. The summed E-state index contributed by atoms with van der Waals surface area (Å²) in [6, 6.07) is 13.0. The molecule has 0 bridgehead atoms. The number of thiazole rings is 1. The zero-order valence-electron chi connectivity index (χ0n) is 15.3. The lowest BCUT2D eigenvalue weighted by Gasteiger charge is -2.17. The number of nitrogens with zero attached hydrogens (tertiary/aromatic N) is 1. The lowest BCUT2D eigenvalue weighted by Crippen LogP contribution is -2.21. The molecular weight excluding hydrogens is 374 g/mol. The summed E-state index contributed by atoms with van der Waals surface area (Å²) >= 11 is 1.61. The first-order chi connectivity index (χ1) is 13.6. The van der Waals surface area contributed by atoms with Gasteiger partial charge in [0.25, 0.3) is 5.91 Å². The summed E-state index contributed by atoms with van der Waals surface area (Å²) in [6.07, 6.45) is 1.14. The Morgan fingerprint density at radius 3 is 2.79 bits per heavy atom. The van der Waals surface area contributed by atoms with Crippen LogP contribution in [0.5, 0.6) is 5.75 Å². The average molecular weight is 393 g/mol. The molecule has 7 heteroatoms. The van der Waals surface area contributed by atoms with E-state index < -0.39 is 0 Å². The van der Waals surface area contributed by atoms with Crippen molar-refractivity contribution < 1.29 is 14.3 Å². The molecule has 4 rings (SSSR count). The minimum Gasteiger partial charge on any atom is -0.484 e. The first-order valence-electron chi connectivity index (χ1n) is 8.95. The molecule has 0 radical (unpaired) electrons. The van der Waals surface area contributed by atoms with E-state index >= 15 is 0 Å². The van der Waals surface area contributed by atoms with E-state index in [0.29, 0.717) is 24.3 Å². The smallest absolute Gasteiger partial charge is 0.262 e. The fraction of sp³-hybridized carbons (Fsp3) is 0.190. The molecule has 142 valence electrons. The molecule has 0 fully saturated rings.